The highest BCUT2D eigenvalue weighted by Gasteiger charge is 2.24. The van der Waals surface area contributed by atoms with Gasteiger partial charge in [0.25, 0.3) is 0 Å². The summed E-state index contributed by atoms with van der Waals surface area (Å²) < 4.78 is 9.68. The predicted octanol–water partition coefficient (Wildman–Crippen LogP) is 21.9. The van der Waals surface area contributed by atoms with Crippen LogP contribution in [0.25, 0.3) is 122 Å². The first kappa shape index (κ1) is 55.9. The van der Waals surface area contributed by atoms with Crippen molar-refractivity contribution in [2.75, 3.05) is 0 Å². The highest BCUT2D eigenvalue weighted by molar-refractivity contribution is 6.13. The van der Waals surface area contributed by atoms with Gasteiger partial charge in [-0.25, -0.2) is 0 Å². The van der Waals surface area contributed by atoms with Gasteiger partial charge in [0.15, 0.2) is 0 Å². The molecule has 0 saturated heterocycles. The Hall–Kier alpha value is -10.3. The number of aromatic nitrogens is 6. The molecule has 6 heteroatoms. The first-order chi connectivity index (χ1) is 42.9. The minimum absolute atomic E-state index is 0.190. The van der Waals surface area contributed by atoms with Crippen LogP contribution in [-0.4, -0.2) is 28.2 Å². The Kier molecular flexibility index (Phi) is 15.4. The first-order valence-corrected chi connectivity index (χ1v) is 30.8. The molecular weight excluding hydrogens is 1060 g/mol. The third-order valence-corrected chi connectivity index (χ3v) is 17.5. The number of allylic oxidation sites excluding steroid dienone is 10. The van der Waals surface area contributed by atoms with Gasteiger partial charge in [-0.1, -0.05) is 156 Å². The second-order valence-electron chi connectivity index (χ2n) is 22.3. The minimum Gasteiger partial charge on any atom is -0.337 e. The van der Waals surface area contributed by atoms with Crippen LogP contribution in [-0.2, 0) is 6.42 Å². The monoisotopic (exact) mass is 1130 g/mol. The summed E-state index contributed by atoms with van der Waals surface area (Å²) in [6.07, 6.45) is 31.6. The maximum Gasteiger partial charge on any atom is 0.0645 e. The summed E-state index contributed by atoms with van der Waals surface area (Å²) in [4.78, 5) is 9.00. The summed E-state index contributed by atoms with van der Waals surface area (Å²) in [7, 11) is 0. The summed E-state index contributed by atoms with van der Waals surface area (Å²) in [6.45, 7) is 21.9. The van der Waals surface area contributed by atoms with Crippen molar-refractivity contribution in [2.45, 2.75) is 73.3 Å². The number of fused-ring (bicyclic) bond motifs is 10. The number of para-hydroxylation sites is 2. The van der Waals surface area contributed by atoms with Crippen LogP contribution in [0.5, 0.6) is 0 Å². The van der Waals surface area contributed by atoms with Crippen molar-refractivity contribution in [3.8, 4) is 39.3 Å². The fraction of sp³-hybridized carbons (Fsp3) is 0.136. The Labute approximate surface area is 510 Å². The third kappa shape index (κ3) is 9.72. The summed E-state index contributed by atoms with van der Waals surface area (Å²) in [5.74, 6) is 0. The number of benzene rings is 7. The molecule has 6 aromatic heterocycles. The molecule has 0 spiro atoms. The van der Waals surface area contributed by atoms with E-state index >= 15 is 0 Å². The van der Waals surface area contributed by atoms with Crippen LogP contribution in [0.15, 0.2) is 261 Å². The lowest BCUT2D eigenvalue weighted by molar-refractivity contribution is 0.554. The van der Waals surface area contributed by atoms with Crippen LogP contribution in [0, 0.1) is 6.92 Å². The zero-order valence-electron chi connectivity index (χ0n) is 50.7. The van der Waals surface area contributed by atoms with E-state index in [1.165, 1.54) is 77.0 Å². The van der Waals surface area contributed by atoms with Crippen LogP contribution in [0.1, 0.15) is 88.0 Å². The van der Waals surface area contributed by atoms with Crippen LogP contribution in [0.4, 0.5) is 0 Å². The third-order valence-electron chi connectivity index (χ3n) is 17.5. The van der Waals surface area contributed by atoms with E-state index in [0.29, 0.717) is 0 Å². The Balaban J connectivity index is 0.00000347. The molecule has 87 heavy (non-hydrogen) atoms. The molecule has 0 saturated carbocycles. The maximum absolute atomic E-state index is 4.54. The van der Waals surface area contributed by atoms with E-state index in [1.807, 2.05) is 62.9 Å². The number of nitrogens with zero attached hydrogens (tertiary/aromatic N) is 6. The van der Waals surface area contributed by atoms with E-state index in [9.17, 15) is 0 Å². The number of rotatable bonds is 15. The molecule has 7 aromatic carbocycles. The Morgan fingerprint density at radius 1 is 0.552 bits per heavy atom. The highest BCUT2D eigenvalue weighted by Crippen LogP contribution is 2.43. The number of hydrogen-bond donors (Lipinski definition) is 0. The van der Waals surface area contributed by atoms with Gasteiger partial charge in [-0.15, -0.1) is 0 Å². The lowest BCUT2D eigenvalue weighted by Gasteiger charge is -2.18. The van der Waals surface area contributed by atoms with Crippen molar-refractivity contribution in [1.29, 1.82) is 0 Å². The van der Waals surface area contributed by atoms with Gasteiger partial charge >= 0.3 is 0 Å². The Bertz CT molecular complexity index is 4950. The van der Waals surface area contributed by atoms with Gasteiger partial charge in [-0.05, 0) is 194 Å². The second-order valence-corrected chi connectivity index (χ2v) is 22.3. The molecule has 426 valence electrons. The molecule has 0 aliphatic heterocycles. The van der Waals surface area contributed by atoms with Gasteiger partial charge < -0.3 is 18.3 Å². The maximum atomic E-state index is 4.54. The molecule has 0 fully saturated rings. The molecule has 6 heterocycles. The smallest absolute Gasteiger partial charge is 0.0645 e. The largest absolute Gasteiger partial charge is 0.337 e. The van der Waals surface area contributed by atoms with Crippen molar-refractivity contribution in [3.63, 3.8) is 0 Å². The van der Waals surface area contributed by atoms with Crippen LogP contribution >= 0.6 is 0 Å². The van der Waals surface area contributed by atoms with E-state index in [-0.39, 0.29) is 6.04 Å². The van der Waals surface area contributed by atoms with E-state index in [0.717, 1.165) is 98.2 Å². The van der Waals surface area contributed by atoms with E-state index in [1.54, 1.807) is 0 Å². The molecule has 1 atom stereocenters. The number of pyridine rings is 2. The summed E-state index contributed by atoms with van der Waals surface area (Å²) in [5.41, 5.74) is 24.1. The van der Waals surface area contributed by atoms with Crippen molar-refractivity contribution >= 4 is 83.1 Å². The topological polar surface area (TPSA) is 45.5 Å². The molecule has 0 radical (unpaired) electrons. The van der Waals surface area contributed by atoms with Gasteiger partial charge in [0, 0.05) is 78.4 Å². The van der Waals surface area contributed by atoms with Crippen LogP contribution < -0.4 is 0 Å². The fourth-order valence-corrected chi connectivity index (χ4v) is 13.7. The van der Waals surface area contributed by atoms with Crippen molar-refractivity contribution in [1.82, 2.24) is 28.2 Å². The summed E-state index contributed by atoms with van der Waals surface area (Å²) in [6, 6.07) is 62.8. The van der Waals surface area contributed by atoms with Gasteiger partial charge in [0.05, 0.1) is 57.4 Å². The van der Waals surface area contributed by atoms with Gasteiger partial charge in [0.2, 0.25) is 0 Å². The average molecular weight is 1130 g/mol. The molecule has 0 amide bonds. The van der Waals surface area contributed by atoms with Gasteiger partial charge in [-0.3, -0.25) is 9.97 Å². The molecule has 14 rings (SSSR count). The molecule has 0 bridgehead atoms. The second kappa shape index (κ2) is 24.0. The zero-order valence-corrected chi connectivity index (χ0v) is 50.7. The minimum atomic E-state index is 0.190. The molecule has 6 nitrogen and oxygen atoms in total. The summed E-state index contributed by atoms with van der Waals surface area (Å²) >= 11 is 0. The highest BCUT2D eigenvalue weighted by atomic mass is 15.0. The summed E-state index contributed by atoms with van der Waals surface area (Å²) in [5, 5.41) is 7.23. The fourth-order valence-electron chi connectivity index (χ4n) is 13.7. The van der Waals surface area contributed by atoms with Crippen molar-refractivity contribution in [2.24, 2.45) is 0 Å². The molecule has 1 aliphatic rings. The molecular formula is C81H72N6. The van der Waals surface area contributed by atoms with E-state index in [2.05, 4.69) is 269 Å². The SMILES string of the molecule is C=CC(=C(\C=C/C)c1ccc2c(c1)c1cc(-c3ccc4c(c3)c3c(n4-c4cccnc4)CCC=C3)ccc1n2-c1ccccc1)/C(C=C)=C/c1c(C)n(C(/C=C\C)CCC)c2ccc(-c3ccc4c(c3)c3ccccc3n4-c3cccnc3)cc12.CC. The van der Waals surface area contributed by atoms with E-state index in [4.69, 9.17) is 0 Å². The van der Waals surface area contributed by atoms with Gasteiger partial charge in [-0.2, -0.15) is 0 Å². The molecule has 1 unspecified atom stereocenters. The van der Waals surface area contributed by atoms with Crippen LogP contribution in [0.2, 0.25) is 0 Å². The Morgan fingerprint density at radius 2 is 1.10 bits per heavy atom. The van der Waals surface area contributed by atoms with Crippen molar-refractivity contribution < 1.29 is 0 Å². The average Bonchev–Trinajstić information content (AvgIpc) is 1.67. The van der Waals surface area contributed by atoms with E-state index < -0.39 is 0 Å². The first-order valence-electron chi connectivity index (χ1n) is 30.8. The lowest BCUT2D eigenvalue weighted by Crippen LogP contribution is -2.08. The number of hydrogen-bond acceptors (Lipinski definition) is 2. The van der Waals surface area contributed by atoms with Crippen molar-refractivity contribution in [3.05, 3.63) is 290 Å². The molecule has 13 aromatic rings. The quantitative estimate of drug-likeness (QED) is 0.0758. The predicted molar refractivity (Wildman–Crippen MR) is 373 cm³/mol. The standard InChI is InChI=1S/C79H66N6.C2H6/c1-7-21-59(22-8-2)82-52(6)67(70-47-56(32-37-75(70)82)54-33-38-76-68(45-54)65-28-15-17-30-73(65)84(76)61-26-19-42-80-50-61)44-53(10-4)63(11-5)64(23-9-3)58-36-41-79-72(49-58)71-48-57(35-40-78(71)83(79)60-24-13-12-14-25-60)55-34-39-77-69(46-55)66-29-16-18-31-74(66)85(77)62-27-20-43-81-51-62;1-2/h7,9-17,19-21,23-30,32-51,59H,4-5,8,18,22,31H2,1-3,6H3;1-2H3/b21-7-,23-9-,53-44+,64-63-;. The lowest BCUT2D eigenvalue weighted by atomic mass is 9.91. The normalized spacial score (nSPS) is 13.3. The van der Waals surface area contributed by atoms with Gasteiger partial charge in [0.1, 0.15) is 0 Å². The molecule has 1 aliphatic carbocycles. The zero-order chi connectivity index (χ0) is 59.7. The Morgan fingerprint density at radius 3 is 1.72 bits per heavy atom. The van der Waals surface area contributed by atoms with Crippen LogP contribution in [0.3, 0.4) is 0 Å². The molecule has 0 N–H and O–H groups in total.